The number of aromatic nitrogens is 1. The highest BCUT2D eigenvalue weighted by Crippen LogP contribution is 2.43. The zero-order valence-electron chi connectivity index (χ0n) is 12.6. The highest BCUT2D eigenvalue weighted by atomic mass is 15.2. The molecule has 2 heterocycles. The second kappa shape index (κ2) is 4.78. The monoisotopic (exact) mass is 259 g/mol. The van der Waals surface area contributed by atoms with E-state index < -0.39 is 0 Å². The number of likely N-dealkylation sites (N-methyl/N-ethyl adjacent to an activating group) is 1. The molecule has 0 spiro atoms. The van der Waals surface area contributed by atoms with Crippen molar-refractivity contribution in [3.8, 4) is 0 Å². The van der Waals surface area contributed by atoms with Crippen LogP contribution < -0.4 is 4.90 Å². The molecule has 0 radical (unpaired) electrons. The third-order valence-corrected chi connectivity index (χ3v) is 4.66. The van der Waals surface area contributed by atoms with Gasteiger partial charge < -0.3 is 9.80 Å². The Balaban J connectivity index is 1.82. The summed E-state index contributed by atoms with van der Waals surface area (Å²) in [5.74, 6) is 1.82. The second-order valence-electron chi connectivity index (χ2n) is 6.55. The van der Waals surface area contributed by atoms with Crippen LogP contribution in [0.25, 0.3) is 0 Å². The Labute approximate surface area is 116 Å². The van der Waals surface area contributed by atoms with Crippen molar-refractivity contribution in [3.63, 3.8) is 0 Å². The maximum atomic E-state index is 4.49. The Kier molecular flexibility index (Phi) is 3.25. The molecule has 3 nitrogen and oxygen atoms in total. The van der Waals surface area contributed by atoms with Gasteiger partial charge in [-0.3, -0.25) is 4.98 Å². The standard InChI is InChI=1S/C16H25N3/c1-11-7-14(8-12(2)17-11)19-9-15(13-5-6-13)16(10-19)18(3)4/h7-8,13,15-16H,5-6,9-10H2,1-4H3/t15-,16+/m1/s1. The number of nitrogens with zero attached hydrogens (tertiary/aromatic N) is 3. The molecule has 0 aromatic carbocycles. The first kappa shape index (κ1) is 12.9. The number of hydrogen-bond donors (Lipinski definition) is 0. The molecule has 0 unspecified atom stereocenters. The van der Waals surface area contributed by atoms with Gasteiger partial charge in [0.25, 0.3) is 0 Å². The Morgan fingerprint density at radius 2 is 1.74 bits per heavy atom. The van der Waals surface area contributed by atoms with Crippen molar-refractivity contribution in [2.45, 2.75) is 32.7 Å². The molecule has 2 fully saturated rings. The van der Waals surface area contributed by atoms with Crippen molar-refractivity contribution in [2.75, 3.05) is 32.1 Å². The Morgan fingerprint density at radius 1 is 1.11 bits per heavy atom. The van der Waals surface area contributed by atoms with E-state index in [0.717, 1.165) is 29.8 Å². The molecule has 0 bridgehead atoms. The van der Waals surface area contributed by atoms with Crippen LogP contribution >= 0.6 is 0 Å². The number of aryl methyl sites for hydroxylation is 2. The Bertz CT molecular complexity index is 435. The average Bonchev–Trinajstić information content (AvgIpc) is 3.06. The first-order chi connectivity index (χ1) is 9.04. The Hall–Kier alpha value is -1.09. The largest absolute Gasteiger partial charge is 0.369 e. The van der Waals surface area contributed by atoms with Crippen molar-refractivity contribution in [3.05, 3.63) is 23.5 Å². The second-order valence-corrected chi connectivity index (χ2v) is 6.55. The van der Waals surface area contributed by atoms with Crippen molar-refractivity contribution >= 4 is 5.69 Å². The van der Waals surface area contributed by atoms with Gasteiger partial charge in [-0.15, -0.1) is 0 Å². The van der Waals surface area contributed by atoms with Crippen LogP contribution in [-0.2, 0) is 0 Å². The fraction of sp³-hybridized carbons (Fsp3) is 0.688. The lowest BCUT2D eigenvalue weighted by Gasteiger charge is -2.24. The highest BCUT2D eigenvalue weighted by Gasteiger charge is 2.43. The molecule has 1 aliphatic heterocycles. The summed E-state index contributed by atoms with van der Waals surface area (Å²) in [6, 6.07) is 5.17. The van der Waals surface area contributed by atoms with E-state index in [4.69, 9.17) is 0 Å². The summed E-state index contributed by atoms with van der Waals surface area (Å²) in [6.45, 7) is 6.57. The van der Waals surface area contributed by atoms with E-state index in [1.807, 2.05) is 0 Å². The predicted molar refractivity (Wildman–Crippen MR) is 79.6 cm³/mol. The molecule has 3 heteroatoms. The Morgan fingerprint density at radius 3 is 2.26 bits per heavy atom. The molecular weight excluding hydrogens is 234 g/mol. The SMILES string of the molecule is Cc1cc(N2C[C@H](C3CC3)[C@@H](N(C)C)C2)cc(C)n1. The first-order valence-corrected chi connectivity index (χ1v) is 7.41. The van der Waals surface area contributed by atoms with Crippen molar-refractivity contribution in [1.29, 1.82) is 0 Å². The van der Waals surface area contributed by atoms with Gasteiger partial charge in [-0.1, -0.05) is 0 Å². The third kappa shape index (κ3) is 2.62. The van der Waals surface area contributed by atoms with Crippen molar-refractivity contribution in [1.82, 2.24) is 9.88 Å². The summed E-state index contributed by atoms with van der Waals surface area (Å²) in [6.07, 6.45) is 2.88. The molecule has 3 rings (SSSR count). The lowest BCUT2D eigenvalue weighted by molar-refractivity contribution is 0.238. The van der Waals surface area contributed by atoms with Gasteiger partial charge in [0.05, 0.1) is 0 Å². The molecule has 0 amide bonds. The van der Waals surface area contributed by atoms with E-state index in [0.29, 0.717) is 6.04 Å². The van der Waals surface area contributed by atoms with Gasteiger partial charge in [0.2, 0.25) is 0 Å². The van der Waals surface area contributed by atoms with Crippen LogP contribution in [0.2, 0.25) is 0 Å². The number of anilines is 1. The molecule has 104 valence electrons. The normalized spacial score (nSPS) is 27.3. The maximum absolute atomic E-state index is 4.49. The number of rotatable bonds is 3. The van der Waals surface area contributed by atoms with Gasteiger partial charge in [0, 0.05) is 36.2 Å². The highest BCUT2D eigenvalue weighted by molar-refractivity contribution is 5.49. The van der Waals surface area contributed by atoms with E-state index in [1.165, 1.54) is 25.1 Å². The van der Waals surface area contributed by atoms with E-state index in [-0.39, 0.29) is 0 Å². The van der Waals surface area contributed by atoms with Crippen molar-refractivity contribution in [2.24, 2.45) is 11.8 Å². The lowest BCUT2D eigenvalue weighted by Crippen LogP contribution is -2.36. The van der Waals surface area contributed by atoms with Crippen LogP contribution in [0.3, 0.4) is 0 Å². The molecule has 19 heavy (non-hydrogen) atoms. The summed E-state index contributed by atoms with van der Waals surface area (Å²) >= 11 is 0. The lowest BCUT2D eigenvalue weighted by atomic mass is 9.97. The summed E-state index contributed by atoms with van der Waals surface area (Å²) in [4.78, 5) is 9.47. The molecule has 2 aliphatic rings. The number of hydrogen-bond acceptors (Lipinski definition) is 3. The minimum atomic E-state index is 0.710. The van der Waals surface area contributed by atoms with Crippen LogP contribution in [0.1, 0.15) is 24.2 Å². The first-order valence-electron chi connectivity index (χ1n) is 7.41. The smallest absolute Gasteiger partial charge is 0.0403 e. The quantitative estimate of drug-likeness (QED) is 0.831. The van der Waals surface area contributed by atoms with Gasteiger partial charge in [0.15, 0.2) is 0 Å². The van der Waals surface area contributed by atoms with Crippen LogP contribution in [0.15, 0.2) is 12.1 Å². The summed E-state index contributed by atoms with van der Waals surface area (Å²) in [5.41, 5.74) is 3.62. The van der Waals surface area contributed by atoms with Gasteiger partial charge >= 0.3 is 0 Å². The van der Waals surface area contributed by atoms with E-state index in [2.05, 4.69) is 54.9 Å². The minimum Gasteiger partial charge on any atom is -0.369 e. The van der Waals surface area contributed by atoms with Crippen molar-refractivity contribution < 1.29 is 0 Å². The third-order valence-electron chi connectivity index (χ3n) is 4.66. The zero-order chi connectivity index (χ0) is 13.6. The molecule has 1 saturated heterocycles. The minimum absolute atomic E-state index is 0.710. The molecule has 1 aliphatic carbocycles. The average molecular weight is 259 g/mol. The summed E-state index contributed by atoms with van der Waals surface area (Å²) in [5, 5.41) is 0. The topological polar surface area (TPSA) is 19.4 Å². The fourth-order valence-corrected chi connectivity index (χ4v) is 3.55. The predicted octanol–water partition coefficient (Wildman–Crippen LogP) is 2.47. The zero-order valence-corrected chi connectivity index (χ0v) is 12.6. The molecule has 0 N–H and O–H groups in total. The van der Waals surface area contributed by atoms with Gasteiger partial charge in [-0.05, 0) is 64.8 Å². The molecule has 1 aromatic heterocycles. The molecule has 1 aromatic rings. The van der Waals surface area contributed by atoms with Crippen LogP contribution in [0.4, 0.5) is 5.69 Å². The molecular formula is C16H25N3. The van der Waals surface area contributed by atoms with Crippen LogP contribution in [0.5, 0.6) is 0 Å². The fourth-order valence-electron chi connectivity index (χ4n) is 3.55. The van der Waals surface area contributed by atoms with E-state index in [1.54, 1.807) is 0 Å². The van der Waals surface area contributed by atoms with E-state index >= 15 is 0 Å². The van der Waals surface area contributed by atoms with Gasteiger partial charge in [-0.2, -0.15) is 0 Å². The van der Waals surface area contributed by atoms with Gasteiger partial charge in [0.1, 0.15) is 0 Å². The van der Waals surface area contributed by atoms with Crippen LogP contribution in [0, 0.1) is 25.7 Å². The van der Waals surface area contributed by atoms with E-state index in [9.17, 15) is 0 Å². The van der Waals surface area contributed by atoms with Gasteiger partial charge in [-0.25, -0.2) is 0 Å². The van der Waals surface area contributed by atoms with Crippen LogP contribution in [-0.4, -0.2) is 43.1 Å². The summed E-state index contributed by atoms with van der Waals surface area (Å²) < 4.78 is 0. The molecule has 2 atom stereocenters. The number of pyridine rings is 1. The molecule has 1 saturated carbocycles. The summed E-state index contributed by atoms with van der Waals surface area (Å²) in [7, 11) is 4.46. The maximum Gasteiger partial charge on any atom is 0.0403 e.